The number of rotatable bonds is 3. The van der Waals surface area contributed by atoms with Crippen molar-refractivity contribution in [3.63, 3.8) is 0 Å². The zero-order valence-electron chi connectivity index (χ0n) is 11.7. The van der Waals surface area contributed by atoms with Gasteiger partial charge in [0.2, 0.25) is 0 Å². The summed E-state index contributed by atoms with van der Waals surface area (Å²) in [5.41, 5.74) is 0.405. The number of alkyl halides is 1. The van der Waals surface area contributed by atoms with Crippen molar-refractivity contribution in [3.8, 4) is 0 Å². The first-order valence-corrected chi connectivity index (χ1v) is 6.22. The van der Waals surface area contributed by atoms with Crippen LogP contribution in [0.15, 0.2) is 0 Å². The van der Waals surface area contributed by atoms with Crippen molar-refractivity contribution in [3.05, 3.63) is 0 Å². The van der Waals surface area contributed by atoms with E-state index in [1.165, 1.54) is 0 Å². The lowest BCUT2D eigenvalue weighted by molar-refractivity contribution is 0.0658. The SMILES string of the molecule is CN(CCF)[C@H]1CN(C(C)(C)C)C(C)(C)C1. The minimum absolute atomic E-state index is 0.189. The Morgan fingerprint density at radius 1 is 1.38 bits per heavy atom. The number of hydrogen-bond acceptors (Lipinski definition) is 2. The molecule has 0 aromatic rings. The minimum atomic E-state index is -0.247. The highest BCUT2D eigenvalue weighted by molar-refractivity contribution is 5.01. The van der Waals surface area contributed by atoms with Gasteiger partial charge < -0.3 is 0 Å². The first kappa shape index (κ1) is 13.9. The van der Waals surface area contributed by atoms with E-state index in [0.29, 0.717) is 12.6 Å². The van der Waals surface area contributed by atoms with Gasteiger partial charge in [-0.15, -0.1) is 0 Å². The van der Waals surface area contributed by atoms with E-state index in [2.05, 4.69) is 44.4 Å². The van der Waals surface area contributed by atoms with Gasteiger partial charge in [-0.25, -0.2) is 4.39 Å². The zero-order valence-corrected chi connectivity index (χ0v) is 11.7. The third kappa shape index (κ3) is 2.95. The lowest BCUT2D eigenvalue weighted by atomic mass is 9.95. The van der Waals surface area contributed by atoms with Gasteiger partial charge in [-0.2, -0.15) is 0 Å². The Morgan fingerprint density at radius 2 is 1.94 bits per heavy atom. The van der Waals surface area contributed by atoms with Crippen molar-refractivity contribution in [2.45, 2.75) is 58.2 Å². The molecule has 0 saturated carbocycles. The second kappa shape index (κ2) is 4.61. The van der Waals surface area contributed by atoms with Gasteiger partial charge in [-0.1, -0.05) is 0 Å². The Bertz CT molecular complexity index is 233. The summed E-state index contributed by atoms with van der Waals surface area (Å²) in [6.07, 6.45) is 1.13. The van der Waals surface area contributed by atoms with Crippen molar-refractivity contribution in [1.29, 1.82) is 0 Å². The van der Waals surface area contributed by atoms with Crippen LogP contribution in [0, 0.1) is 0 Å². The molecule has 1 saturated heterocycles. The maximum atomic E-state index is 12.4. The van der Waals surface area contributed by atoms with Crippen LogP contribution in [0.5, 0.6) is 0 Å². The first-order valence-electron chi connectivity index (χ1n) is 6.22. The summed E-state index contributed by atoms with van der Waals surface area (Å²) < 4.78 is 12.4. The Balaban J connectivity index is 2.72. The molecule has 1 heterocycles. The molecule has 0 bridgehead atoms. The summed E-state index contributed by atoms with van der Waals surface area (Å²) in [5, 5.41) is 0. The molecule has 0 aromatic carbocycles. The first-order chi connectivity index (χ1) is 7.18. The van der Waals surface area contributed by atoms with Crippen LogP contribution in [0.1, 0.15) is 41.0 Å². The van der Waals surface area contributed by atoms with E-state index in [1.54, 1.807) is 0 Å². The predicted octanol–water partition coefficient (Wildman–Crippen LogP) is 2.54. The molecule has 1 rings (SSSR count). The van der Waals surface area contributed by atoms with Crippen molar-refractivity contribution in [2.24, 2.45) is 0 Å². The van der Waals surface area contributed by atoms with Gasteiger partial charge in [0.15, 0.2) is 0 Å². The zero-order chi connectivity index (χ0) is 12.6. The average molecular weight is 230 g/mol. The fraction of sp³-hybridized carbons (Fsp3) is 1.00. The molecule has 3 heteroatoms. The van der Waals surface area contributed by atoms with E-state index in [9.17, 15) is 4.39 Å². The van der Waals surface area contributed by atoms with Crippen LogP contribution in [-0.2, 0) is 0 Å². The van der Waals surface area contributed by atoms with Crippen LogP contribution in [0.25, 0.3) is 0 Å². The van der Waals surface area contributed by atoms with Crippen LogP contribution < -0.4 is 0 Å². The maximum absolute atomic E-state index is 12.4. The molecule has 0 radical (unpaired) electrons. The predicted molar refractivity (Wildman–Crippen MR) is 67.5 cm³/mol. The van der Waals surface area contributed by atoms with Gasteiger partial charge in [0.05, 0.1) is 0 Å². The standard InChI is InChI=1S/C13H27FN2/c1-12(2,3)16-10-11(9-13(16,4)5)15(6)8-7-14/h11H,7-10H2,1-6H3/t11-/m1/s1. The van der Waals surface area contributed by atoms with Crippen molar-refractivity contribution in [2.75, 3.05) is 26.8 Å². The molecular weight excluding hydrogens is 203 g/mol. The molecule has 0 spiro atoms. The quantitative estimate of drug-likeness (QED) is 0.735. The van der Waals surface area contributed by atoms with Crippen LogP contribution in [0.2, 0.25) is 0 Å². The Labute approximate surface area is 99.8 Å². The van der Waals surface area contributed by atoms with Gasteiger partial charge >= 0.3 is 0 Å². The van der Waals surface area contributed by atoms with Gasteiger partial charge in [0.25, 0.3) is 0 Å². The third-order valence-electron chi connectivity index (χ3n) is 3.73. The van der Waals surface area contributed by atoms with Crippen LogP contribution >= 0.6 is 0 Å². The van der Waals surface area contributed by atoms with Gasteiger partial charge in [0, 0.05) is 30.2 Å². The Morgan fingerprint density at radius 3 is 2.31 bits per heavy atom. The highest BCUT2D eigenvalue weighted by Crippen LogP contribution is 2.36. The summed E-state index contributed by atoms with van der Waals surface area (Å²) in [6.45, 7) is 12.7. The van der Waals surface area contributed by atoms with Crippen molar-refractivity contribution in [1.82, 2.24) is 9.80 Å². The van der Waals surface area contributed by atoms with E-state index in [1.807, 2.05) is 7.05 Å². The second-order valence-electron chi connectivity index (χ2n) is 6.62. The van der Waals surface area contributed by atoms with E-state index < -0.39 is 0 Å². The lowest BCUT2D eigenvalue weighted by Crippen LogP contribution is -2.50. The number of nitrogens with zero attached hydrogens (tertiary/aromatic N) is 2. The number of likely N-dealkylation sites (tertiary alicyclic amines) is 1. The number of hydrogen-bond donors (Lipinski definition) is 0. The number of halogens is 1. The minimum Gasteiger partial charge on any atom is -0.299 e. The summed E-state index contributed by atoms with van der Waals surface area (Å²) in [4.78, 5) is 4.70. The monoisotopic (exact) mass is 230 g/mol. The average Bonchev–Trinajstić information content (AvgIpc) is 2.41. The molecule has 1 fully saturated rings. The summed E-state index contributed by atoms with van der Waals surface area (Å²) in [5.74, 6) is 0. The van der Waals surface area contributed by atoms with E-state index in [4.69, 9.17) is 0 Å². The molecular formula is C13H27FN2. The van der Waals surface area contributed by atoms with Crippen LogP contribution in [0.4, 0.5) is 4.39 Å². The van der Waals surface area contributed by atoms with Crippen LogP contribution in [0.3, 0.4) is 0 Å². The summed E-state index contributed by atoms with van der Waals surface area (Å²) >= 11 is 0. The lowest BCUT2D eigenvalue weighted by Gasteiger charge is -2.42. The Kier molecular flexibility index (Phi) is 4.01. The molecule has 96 valence electrons. The summed E-state index contributed by atoms with van der Waals surface area (Å²) in [6, 6.07) is 0.491. The topological polar surface area (TPSA) is 6.48 Å². The molecule has 2 nitrogen and oxygen atoms in total. The highest BCUT2D eigenvalue weighted by atomic mass is 19.1. The molecule has 16 heavy (non-hydrogen) atoms. The van der Waals surface area contributed by atoms with Crippen molar-refractivity contribution < 1.29 is 4.39 Å². The molecule has 1 atom stereocenters. The normalized spacial score (nSPS) is 26.6. The largest absolute Gasteiger partial charge is 0.299 e. The number of likely N-dealkylation sites (N-methyl/N-ethyl adjacent to an activating group) is 1. The maximum Gasteiger partial charge on any atom is 0.102 e. The van der Waals surface area contributed by atoms with E-state index in [-0.39, 0.29) is 17.8 Å². The van der Waals surface area contributed by atoms with E-state index in [0.717, 1.165) is 13.0 Å². The molecule has 1 aliphatic rings. The van der Waals surface area contributed by atoms with Gasteiger partial charge in [-0.05, 0) is 48.1 Å². The van der Waals surface area contributed by atoms with E-state index >= 15 is 0 Å². The summed E-state index contributed by atoms with van der Waals surface area (Å²) in [7, 11) is 2.03. The molecule has 1 aliphatic heterocycles. The van der Waals surface area contributed by atoms with Crippen molar-refractivity contribution >= 4 is 0 Å². The molecule has 0 amide bonds. The fourth-order valence-corrected chi connectivity index (χ4v) is 3.00. The molecule has 0 N–H and O–H groups in total. The second-order valence-corrected chi connectivity index (χ2v) is 6.62. The van der Waals surface area contributed by atoms with Gasteiger partial charge in [-0.3, -0.25) is 9.80 Å². The smallest absolute Gasteiger partial charge is 0.102 e. The Hall–Kier alpha value is -0.150. The molecule has 0 aromatic heterocycles. The third-order valence-corrected chi connectivity index (χ3v) is 3.73. The van der Waals surface area contributed by atoms with Crippen LogP contribution in [-0.4, -0.2) is 53.7 Å². The highest BCUT2D eigenvalue weighted by Gasteiger charge is 2.44. The molecule has 0 unspecified atom stereocenters. The fourth-order valence-electron chi connectivity index (χ4n) is 3.00. The van der Waals surface area contributed by atoms with Gasteiger partial charge in [0.1, 0.15) is 6.67 Å². The molecule has 0 aliphatic carbocycles.